The van der Waals surface area contributed by atoms with E-state index in [1.54, 1.807) is 13.0 Å². The summed E-state index contributed by atoms with van der Waals surface area (Å²) in [4.78, 5) is 22.3. The molecule has 1 aliphatic rings. The quantitative estimate of drug-likeness (QED) is 0.619. The van der Waals surface area contributed by atoms with E-state index in [4.69, 9.17) is 4.18 Å². The Hall–Kier alpha value is -2.09. The van der Waals surface area contributed by atoms with E-state index in [0.717, 1.165) is 16.7 Å². The highest BCUT2D eigenvalue weighted by Gasteiger charge is 2.31. The molecule has 1 saturated heterocycles. The Bertz CT molecular complexity index is 727. The summed E-state index contributed by atoms with van der Waals surface area (Å²) in [5.41, 5.74) is 2.59. The molecule has 1 atom stereocenters. The second-order valence-corrected chi connectivity index (χ2v) is 7.04. The molecular formula is C14H18N2O5S. The van der Waals surface area contributed by atoms with Gasteiger partial charge in [-0.3, -0.25) is 10.1 Å². The maximum absolute atomic E-state index is 12.1. The smallest absolute Gasteiger partial charge is 0.322 e. The van der Waals surface area contributed by atoms with Crippen molar-refractivity contribution in [2.45, 2.75) is 33.2 Å². The van der Waals surface area contributed by atoms with Crippen LogP contribution in [0.1, 0.15) is 23.1 Å². The lowest BCUT2D eigenvalue weighted by Crippen LogP contribution is -2.32. The number of urea groups is 1. The van der Waals surface area contributed by atoms with Crippen LogP contribution in [0.4, 0.5) is 4.79 Å². The zero-order valence-corrected chi connectivity index (χ0v) is 13.4. The third-order valence-corrected chi connectivity index (χ3v) is 4.67. The summed E-state index contributed by atoms with van der Waals surface area (Å²) >= 11 is 0. The van der Waals surface area contributed by atoms with E-state index in [2.05, 4.69) is 10.6 Å². The van der Waals surface area contributed by atoms with Gasteiger partial charge in [-0.2, -0.15) is 8.42 Å². The topological polar surface area (TPSA) is 102 Å². The summed E-state index contributed by atoms with van der Waals surface area (Å²) in [7, 11) is -3.85. The third-order valence-electron chi connectivity index (χ3n) is 3.50. The van der Waals surface area contributed by atoms with E-state index >= 15 is 0 Å². The minimum atomic E-state index is -3.85. The van der Waals surface area contributed by atoms with Crippen molar-refractivity contribution in [3.8, 4) is 5.75 Å². The summed E-state index contributed by atoms with van der Waals surface area (Å²) in [6.07, 6.45) is -0.0379. The third kappa shape index (κ3) is 3.76. The lowest BCUT2D eigenvalue weighted by atomic mass is 10.1. The maximum Gasteiger partial charge on any atom is 0.322 e. The van der Waals surface area contributed by atoms with E-state index in [9.17, 15) is 18.0 Å². The summed E-state index contributed by atoms with van der Waals surface area (Å²) in [5, 5.41) is 4.40. The number of imide groups is 1. The summed E-state index contributed by atoms with van der Waals surface area (Å²) in [6, 6.07) is 2.14. The molecule has 120 valence electrons. The van der Waals surface area contributed by atoms with Crippen molar-refractivity contribution in [1.82, 2.24) is 10.6 Å². The minimum absolute atomic E-state index is 0.0379. The van der Waals surface area contributed by atoms with Gasteiger partial charge in [-0.25, -0.2) is 4.79 Å². The first kappa shape index (κ1) is 16.3. The van der Waals surface area contributed by atoms with Gasteiger partial charge in [-0.15, -0.1) is 0 Å². The fraction of sp³-hybridized carbons (Fsp3) is 0.429. The molecule has 1 heterocycles. The van der Waals surface area contributed by atoms with Crippen LogP contribution in [0.2, 0.25) is 0 Å². The van der Waals surface area contributed by atoms with Crippen LogP contribution in [0.3, 0.4) is 0 Å². The molecule has 0 aliphatic carbocycles. The van der Waals surface area contributed by atoms with Crippen LogP contribution in [0, 0.1) is 20.8 Å². The molecule has 7 nitrogen and oxygen atoms in total. The van der Waals surface area contributed by atoms with Crippen LogP contribution < -0.4 is 14.8 Å². The number of hydrogen-bond donors (Lipinski definition) is 2. The number of benzene rings is 1. The Morgan fingerprint density at radius 2 is 1.86 bits per heavy atom. The molecule has 0 aromatic heterocycles. The number of carbonyl (C=O) groups is 2. The molecule has 1 aromatic rings. The fourth-order valence-corrected chi connectivity index (χ4v) is 3.24. The molecular weight excluding hydrogens is 308 g/mol. The summed E-state index contributed by atoms with van der Waals surface area (Å²) in [6.45, 7) is 5.51. The molecule has 3 amide bonds. The van der Waals surface area contributed by atoms with Gasteiger partial charge in [0.2, 0.25) is 0 Å². The molecule has 8 heteroatoms. The normalized spacial score (nSPS) is 18.0. The highest BCUT2D eigenvalue weighted by atomic mass is 32.2. The Morgan fingerprint density at radius 1 is 1.18 bits per heavy atom. The number of aryl methyl sites for hydroxylation is 2. The first-order chi connectivity index (χ1) is 10.2. The lowest BCUT2D eigenvalue weighted by Gasteiger charge is -2.13. The predicted molar refractivity (Wildman–Crippen MR) is 80.1 cm³/mol. The molecule has 22 heavy (non-hydrogen) atoms. The molecule has 1 fully saturated rings. The SMILES string of the molecule is Cc1cc(C)c(C)c(OS(=O)(=O)CCC2NC(=O)NC2=O)c1. The lowest BCUT2D eigenvalue weighted by molar-refractivity contribution is -0.120. The van der Waals surface area contributed by atoms with Gasteiger partial charge in [0.05, 0.1) is 5.75 Å². The second kappa shape index (κ2) is 5.96. The maximum atomic E-state index is 12.1. The van der Waals surface area contributed by atoms with Crippen molar-refractivity contribution in [3.63, 3.8) is 0 Å². The largest absolute Gasteiger partial charge is 0.382 e. The van der Waals surface area contributed by atoms with Crippen LogP contribution in [0.25, 0.3) is 0 Å². The number of hydrogen-bond acceptors (Lipinski definition) is 5. The highest BCUT2D eigenvalue weighted by molar-refractivity contribution is 7.87. The molecule has 0 saturated carbocycles. The first-order valence-corrected chi connectivity index (χ1v) is 8.37. The molecule has 0 bridgehead atoms. The molecule has 1 unspecified atom stereocenters. The fourth-order valence-electron chi connectivity index (χ4n) is 2.19. The van der Waals surface area contributed by atoms with Crippen molar-refractivity contribution in [2.75, 3.05) is 5.75 Å². The Morgan fingerprint density at radius 3 is 2.45 bits per heavy atom. The van der Waals surface area contributed by atoms with Crippen LogP contribution >= 0.6 is 0 Å². The molecule has 0 spiro atoms. The van der Waals surface area contributed by atoms with Gasteiger partial charge < -0.3 is 9.50 Å². The Balaban J connectivity index is 2.06. The van der Waals surface area contributed by atoms with Crippen LogP contribution in [-0.2, 0) is 14.9 Å². The van der Waals surface area contributed by atoms with Gasteiger partial charge in [0.15, 0.2) is 0 Å². The van der Waals surface area contributed by atoms with Crippen molar-refractivity contribution in [1.29, 1.82) is 0 Å². The van der Waals surface area contributed by atoms with E-state index in [0.29, 0.717) is 0 Å². The Labute approximate surface area is 129 Å². The number of rotatable bonds is 5. The molecule has 1 aromatic carbocycles. The van der Waals surface area contributed by atoms with Gasteiger partial charge in [0.25, 0.3) is 5.91 Å². The van der Waals surface area contributed by atoms with E-state index in [-0.39, 0.29) is 17.9 Å². The van der Waals surface area contributed by atoms with Gasteiger partial charge in [-0.1, -0.05) is 6.07 Å². The monoisotopic (exact) mass is 326 g/mol. The molecule has 0 radical (unpaired) electrons. The zero-order valence-electron chi connectivity index (χ0n) is 12.6. The second-order valence-electron chi connectivity index (χ2n) is 5.35. The minimum Gasteiger partial charge on any atom is -0.382 e. The van der Waals surface area contributed by atoms with Crippen molar-refractivity contribution < 1.29 is 22.2 Å². The number of nitrogens with one attached hydrogen (secondary N) is 2. The van der Waals surface area contributed by atoms with Gasteiger partial charge in [0.1, 0.15) is 11.8 Å². The first-order valence-electron chi connectivity index (χ1n) is 6.79. The highest BCUT2D eigenvalue weighted by Crippen LogP contribution is 2.25. The van der Waals surface area contributed by atoms with Gasteiger partial charge >= 0.3 is 16.1 Å². The van der Waals surface area contributed by atoms with Crippen molar-refractivity contribution >= 4 is 22.1 Å². The number of carbonyl (C=O) groups excluding carboxylic acids is 2. The predicted octanol–water partition coefficient (Wildman–Crippen LogP) is 0.919. The van der Waals surface area contributed by atoms with Crippen molar-refractivity contribution in [3.05, 3.63) is 28.8 Å². The molecule has 2 N–H and O–H groups in total. The standard InChI is InChI=1S/C14H18N2O5S/c1-8-6-9(2)10(3)12(7-8)21-22(19,20)5-4-11-13(17)16-14(18)15-11/h6-7,11H,4-5H2,1-3H3,(H2,15,16,17,18). The van der Waals surface area contributed by atoms with Crippen LogP contribution in [-0.4, -0.2) is 32.2 Å². The van der Waals surface area contributed by atoms with Crippen LogP contribution in [0.5, 0.6) is 5.75 Å². The van der Waals surface area contributed by atoms with E-state index in [1.807, 2.05) is 19.9 Å². The summed E-state index contributed by atoms with van der Waals surface area (Å²) < 4.78 is 29.3. The Kier molecular flexibility index (Phi) is 4.41. The van der Waals surface area contributed by atoms with Crippen molar-refractivity contribution in [2.24, 2.45) is 0 Å². The average Bonchev–Trinajstić information content (AvgIpc) is 2.71. The van der Waals surface area contributed by atoms with Crippen LogP contribution in [0.15, 0.2) is 12.1 Å². The summed E-state index contributed by atoms with van der Waals surface area (Å²) in [5.74, 6) is -0.599. The molecule has 1 aliphatic heterocycles. The van der Waals surface area contributed by atoms with E-state index < -0.39 is 28.1 Å². The average molecular weight is 326 g/mol. The molecule has 2 rings (SSSR count). The number of amides is 3. The van der Waals surface area contributed by atoms with E-state index in [1.165, 1.54) is 0 Å². The van der Waals surface area contributed by atoms with Gasteiger partial charge in [-0.05, 0) is 49.9 Å². The zero-order chi connectivity index (χ0) is 16.5. The van der Waals surface area contributed by atoms with Gasteiger partial charge in [0, 0.05) is 0 Å².